The highest BCUT2D eigenvalue weighted by atomic mass is 35.5. The van der Waals surface area contributed by atoms with Gasteiger partial charge in [-0.1, -0.05) is 41.1 Å². The number of benzene rings is 3. The number of rotatable bonds is 9. The van der Waals surface area contributed by atoms with Crippen LogP contribution < -0.4 is 39.2 Å². The molecule has 0 radical (unpaired) electrons. The Labute approximate surface area is 257 Å². The molecule has 0 saturated carbocycles. The fraction of sp³-hybridized carbons (Fsp3) is 0.219. The number of thiazole rings is 1. The zero-order chi connectivity index (χ0) is 30.7. The van der Waals surface area contributed by atoms with Gasteiger partial charge in [-0.05, 0) is 68.0 Å². The zero-order valence-corrected chi connectivity index (χ0v) is 25.8. The molecule has 3 aromatic carbocycles. The van der Waals surface area contributed by atoms with Crippen molar-refractivity contribution in [3.8, 4) is 23.0 Å². The molecule has 4 aromatic rings. The minimum Gasteiger partial charge on any atom is -0.493 e. The first-order valence-corrected chi connectivity index (χ1v) is 14.6. The number of allylic oxidation sites excluding steroid dienone is 1. The summed E-state index contributed by atoms with van der Waals surface area (Å²) in [6.45, 7) is 4.09. The van der Waals surface area contributed by atoms with Crippen LogP contribution in [0.5, 0.6) is 23.0 Å². The van der Waals surface area contributed by atoms with Gasteiger partial charge in [0.05, 0.1) is 49.8 Å². The number of ether oxygens (including phenoxy) is 4. The normalized spacial score (nSPS) is 14.6. The van der Waals surface area contributed by atoms with Crippen molar-refractivity contribution in [2.75, 3.05) is 33.3 Å². The van der Waals surface area contributed by atoms with Crippen LogP contribution in [0.25, 0.3) is 6.08 Å². The summed E-state index contributed by atoms with van der Waals surface area (Å²) in [5.41, 5.74) is 2.28. The lowest BCUT2D eigenvalue weighted by Crippen LogP contribution is -2.40. The number of carbonyl (C=O) groups excluding carboxylic acids is 1. The molecular weight excluding hydrogens is 590 g/mol. The van der Waals surface area contributed by atoms with E-state index in [0.717, 1.165) is 0 Å². The van der Waals surface area contributed by atoms with Crippen molar-refractivity contribution in [3.63, 3.8) is 0 Å². The van der Waals surface area contributed by atoms with E-state index in [1.54, 1.807) is 55.5 Å². The molecule has 11 heteroatoms. The average molecular weight is 620 g/mol. The Balaban J connectivity index is 1.75. The second kappa shape index (κ2) is 12.8. The van der Waals surface area contributed by atoms with Crippen LogP contribution in [0.3, 0.4) is 0 Å². The quantitative estimate of drug-likeness (QED) is 0.285. The van der Waals surface area contributed by atoms with Crippen LogP contribution in [-0.4, -0.2) is 38.4 Å². The van der Waals surface area contributed by atoms with E-state index in [0.29, 0.717) is 72.0 Å². The van der Waals surface area contributed by atoms with Gasteiger partial charge in [-0.25, -0.2) is 4.99 Å². The van der Waals surface area contributed by atoms with E-state index in [1.165, 1.54) is 37.2 Å². The van der Waals surface area contributed by atoms with Crippen LogP contribution >= 0.6 is 22.9 Å². The van der Waals surface area contributed by atoms with Gasteiger partial charge < -0.3 is 24.3 Å². The maximum absolute atomic E-state index is 14.2. The molecule has 43 heavy (non-hydrogen) atoms. The standard InChI is InChI=1S/C32H30ClN3O6S/c1-6-42-23-13-12-21(33)14-19(23)17-26-31(38)36-28(20-15-24(39-3)29(41-5)25(16-20)40-4)27(18(2)34-32(36)43-26)30(37)35-22-10-8-7-9-11-22/h7-17,28H,6H2,1-5H3,(H,35,37)/b26-17-/t28-/m1/s1. The number of amides is 1. The van der Waals surface area contributed by atoms with E-state index in [4.69, 9.17) is 35.5 Å². The molecule has 1 amide bonds. The van der Waals surface area contributed by atoms with Crippen LogP contribution in [-0.2, 0) is 4.79 Å². The summed E-state index contributed by atoms with van der Waals surface area (Å²) >= 11 is 7.50. The minimum absolute atomic E-state index is 0.301. The van der Waals surface area contributed by atoms with Gasteiger partial charge in [0.25, 0.3) is 11.5 Å². The molecule has 0 saturated heterocycles. The number of hydrogen-bond acceptors (Lipinski definition) is 8. The number of nitrogens with one attached hydrogen (secondary N) is 1. The maximum atomic E-state index is 14.2. The highest BCUT2D eigenvalue weighted by Gasteiger charge is 2.34. The van der Waals surface area contributed by atoms with Crippen molar-refractivity contribution in [2.24, 2.45) is 4.99 Å². The summed E-state index contributed by atoms with van der Waals surface area (Å²) in [5.74, 6) is 1.36. The third-order valence-corrected chi connectivity index (χ3v) is 8.08. The molecule has 5 rings (SSSR count). The Bertz CT molecular complexity index is 1870. The molecule has 1 aliphatic rings. The Kier molecular flexibility index (Phi) is 8.89. The summed E-state index contributed by atoms with van der Waals surface area (Å²) in [6.07, 6.45) is 1.73. The number of methoxy groups -OCH3 is 3. The Morgan fingerprint density at radius 3 is 2.35 bits per heavy atom. The predicted octanol–water partition coefficient (Wildman–Crippen LogP) is 4.95. The first-order valence-electron chi connectivity index (χ1n) is 13.4. The minimum atomic E-state index is -0.860. The largest absolute Gasteiger partial charge is 0.493 e. The highest BCUT2D eigenvalue weighted by molar-refractivity contribution is 7.07. The zero-order valence-electron chi connectivity index (χ0n) is 24.3. The topological polar surface area (TPSA) is 100 Å². The molecule has 2 heterocycles. The third kappa shape index (κ3) is 5.89. The summed E-state index contributed by atoms with van der Waals surface area (Å²) < 4.78 is 24.5. The number of para-hydroxylation sites is 1. The van der Waals surface area contributed by atoms with Gasteiger partial charge in [0.1, 0.15) is 5.75 Å². The van der Waals surface area contributed by atoms with Crippen molar-refractivity contribution < 1.29 is 23.7 Å². The third-order valence-electron chi connectivity index (χ3n) is 6.86. The van der Waals surface area contributed by atoms with E-state index < -0.39 is 11.9 Å². The summed E-state index contributed by atoms with van der Waals surface area (Å²) in [6, 6.07) is 17.0. The van der Waals surface area contributed by atoms with Gasteiger partial charge in [0, 0.05) is 16.3 Å². The van der Waals surface area contributed by atoms with Crippen molar-refractivity contribution in [1.29, 1.82) is 0 Å². The number of hydrogen-bond donors (Lipinski definition) is 1. The number of anilines is 1. The second-order valence-corrected chi connectivity index (χ2v) is 10.9. The predicted molar refractivity (Wildman–Crippen MR) is 168 cm³/mol. The van der Waals surface area contributed by atoms with Gasteiger partial charge in [-0.15, -0.1) is 0 Å². The molecule has 1 N–H and O–H groups in total. The van der Waals surface area contributed by atoms with E-state index in [2.05, 4.69) is 5.32 Å². The lowest BCUT2D eigenvalue weighted by molar-refractivity contribution is -0.113. The molecule has 0 bridgehead atoms. The van der Waals surface area contributed by atoms with Crippen molar-refractivity contribution in [1.82, 2.24) is 4.57 Å². The molecule has 0 spiro atoms. The maximum Gasteiger partial charge on any atom is 0.271 e. The number of fused-ring (bicyclic) bond motifs is 1. The summed E-state index contributed by atoms with van der Waals surface area (Å²) in [4.78, 5) is 33.2. The van der Waals surface area contributed by atoms with Crippen LogP contribution in [0.1, 0.15) is 31.0 Å². The SMILES string of the molecule is CCOc1ccc(Cl)cc1/C=c1\sc2n(c1=O)[C@H](c1cc(OC)c(OC)c(OC)c1)C(C(=O)Nc1ccccc1)=C(C)N=2. The average Bonchev–Trinajstić information content (AvgIpc) is 3.31. The Morgan fingerprint density at radius 1 is 1.02 bits per heavy atom. The van der Waals surface area contributed by atoms with E-state index in [9.17, 15) is 9.59 Å². The van der Waals surface area contributed by atoms with Gasteiger partial charge in [-0.2, -0.15) is 0 Å². The van der Waals surface area contributed by atoms with E-state index >= 15 is 0 Å². The molecule has 0 unspecified atom stereocenters. The number of halogens is 1. The molecule has 222 valence electrons. The van der Waals surface area contributed by atoms with Crippen LogP contribution in [0.4, 0.5) is 5.69 Å². The van der Waals surface area contributed by atoms with Crippen molar-refractivity contribution >= 4 is 40.6 Å². The monoisotopic (exact) mass is 619 g/mol. The first kappa shape index (κ1) is 29.9. The molecule has 9 nitrogen and oxygen atoms in total. The summed E-state index contributed by atoms with van der Waals surface area (Å²) in [5, 5.41) is 3.46. The van der Waals surface area contributed by atoms with Crippen LogP contribution in [0, 0.1) is 0 Å². The Morgan fingerprint density at radius 2 is 1.72 bits per heavy atom. The van der Waals surface area contributed by atoms with Crippen molar-refractivity contribution in [3.05, 3.63) is 108 Å². The lowest BCUT2D eigenvalue weighted by atomic mass is 9.94. The van der Waals surface area contributed by atoms with Crippen molar-refractivity contribution in [2.45, 2.75) is 19.9 Å². The fourth-order valence-electron chi connectivity index (χ4n) is 4.97. The van der Waals surface area contributed by atoms with E-state index in [1.807, 2.05) is 25.1 Å². The second-order valence-electron chi connectivity index (χ2n) is 9.48. The number of carbonyl (C=O) groups is 1. The number of nitrogens with zero attached hydrogens (tertiary/aromatic N) is 2. The number of aromatic nitrogens is 1. The lowest BCUT2D eigenvalue weighted by Gasteiger charge is -2.26. The first-order chi connectivity index (χ1) is 20.8. The van der Waals surface area contributed by atoms with Crippen LogP contribution in [0.15, 0.2) is 81.7 Å². The van der Waals surface area contributed by atoms with Gasteiger partial charge in [0.15, 0.2) is 16.3 Å². The highest BCUT2D eigenvalue weighted by Crippen LogP contribution is 2.42. The molecule has 0 aliphatic carbocycles. The Hall–Kier alpha value is -4.54. The fourth-order valence-corrected chi connectivity index (χ4v) is 6.18. The van der Waals surface area contributed by atoms with E-state index in [-0.39, 0.29) is 5.56 Å². The molecule has 1 aliphatic heterocycles. The van der Waals surface area contributed by atoms with Gasteiger partial charge in [-0.3, -0.25) is 14.2 Å². The molecule has 0 fully saturated rings. The summed E-state index contributed by atoms with van der Waals surface area (Å²) in [7, 11) is 4.54. The molecular formula is C32H30ClN3O6S. The molecule has 1 atom stereocenters. The van der Waals surface area contributed by atoms with Gasteiger partial charge >= 0.3 is 0 Å². The molecule has 1 aromatic heterocycles. The van der Waals surface area contributed by atoms with Gasteiger partial charge in [0.2, 0.25) is 5.75 Å². The van der Waals surface area contributed by atoms with Crippen LogP contribution in [0.2, 0.25) is 5.02 Å². The smallest absolute Gasteiger partial charge is 0.271 e.